The molecule has 1 saturated carbocycles. The maximum atomic E-state index is 13.1. The van der Waals surface area contributed by atoms with Crippen LogP contribution >= 0.6 is 0 Å². The van der Waals surface area contributed by atoms with Crippen LogP contribution < -0.4 is 10.6 Å². The molecule has 2 nitrogen and oxygen atoms in total. The SMILES string of the molecule is CNCC1(CNCc2ccc(F)c(C)c2)CC1. The van der Waals surface area contributed by atoms with Crippen LogP contribution in [0.4, 0.5) is 4.39 Å². The molecule has 0 radical (unpaired) electrons. The van der Waals surface area contributed by atoms with Gasteiger partial charge in [-0.25, -0.2) is 4.39 Å². The van der Waals surface area contributed by atoms with Crippen molar-refractivity contribution in [3.63, 3.8) is 0 Å². The highest BCUT2D eigenvalue weighted by Gasteiger charge is 2.41. The second-order valence-corrected chi connectivity index (χ2v) is 5.22. The average Bonchev–Trinajstić information content (AvgIpc) is 3.04. The van der Waals surface area contributed by atoms with Crippen LogP contribution in [0.25, 0.3) is 0 Å². The summed E-state index contributed by atoms with van der Waals surface area (Å²) in [5.74, 6) is -0.123. The lowest BCUT2D eigenvalue weighted by Gasteiger charge is -2.15. The van der Waals surface area contributed by atoms with Gasteiger partial charge in [-0.3, -0.25) is 0 Å². The van der Waals surface area contributed by atoms with Crippen molar-refractivity contribution in [2.45, 2.75) is 26.3 Å². The summed E-state index contributed by atoms with van der Waals surface area (Å²) in [5.41, 5.74) is 2.36. The van der Waals surface area contributed by atoms with Gasteiger partial charge in [0.25, 0.3) is 0 Å². The summed E-state index contributed by atoms with van der Waals surface area (Å²) in [6.45, 7) is 4.77. The molecular weight excluding hydrogens is 215 g/mol. The van der Waals surface area contributed by atoms with Crippen molar-refractivity contribution in [2.24, 2.45) is 5.41 Å². The molecule has 0 spiro atoms. The fourth-order valence-corrected chi connectivity index (χ4v) is 2.26. The zero-order valence-electron chi connectivity index (χ0n) is 10.6. The standard InChI is InChI=1S/C14H21FN2/c1-11-7-12(3-4-13(11)15)8-17-10-14(5-6-14)9-16-2/h3-4,7,16-17H,5-6,8-10H2,1-2H3. The molecule has 0 bridgehead atoms. The van der Waals surface area contributed by atoms with Gasteiger partial charge in [0, 0.05) is 19.6 Å². The molecule has 1 aromatic rings. The van der Waals surface area contributed by atoms with Crippen LogP contribution in [-0.4, -0.2) is 20.1 Å². The summed E-state index contributed by atoms with van der Waals surface area (Å²) in [4.78, 5) is 0. The smallest absolute Gasteiger partial charge is 0.126 e. The fourth-order valence-electron chi connectivity index (χ4n) is 2.26. The zero-order valence-corrected chi connectivity index (χ0v) is 10.6. The predicted octanol–water partition coefficient (Wildman–Crippen LogP) is 2.22. The molecule has 2 N–H and O–H groups in total. The van der Waals surface area contributed by atoms with Crippen LogP contribution in [0.3, 0.4) is 0 Å². The third-order valence-electron chi connectivity index (χ3n) is 3.56. The average molecular weight is 236 g/mol. The lowest BCUT2D eigenvalue weighted by molar-refractivity contribution is 0.438. The van der Waals surface area contributed by atoms with E-state index in [0.29, 0.717) is 5.41 Å². The van der Waals surface area contributed by atoms with Crippen LogP contribution in [0.5, 0.6) is 0 Å². The van der Waals surface area contributed by atoms with Crippen LogP contribution in [-0.2, 0) is 6.54 Å². The predicted molar refractivity (Wildman–Crippen MR) is 68.4 cm³/mol. The fraction of sp³-hybridized carbons (Fsp3) is 0.571. The van der Waals surface area contributed by atoms with E-state index in [-0.39, 0.29) is 5.82 Å². The topological polar surface area (TPSA) is 24.1 Å². The van der Waals surface area contributed by atoms with E-state index in [2.05, 4.69) is 10.6 Å². The minimum atomic E-state index is -0.123. The van der Waals surface area contributed by atoms with Crippen molar-refractivity contribution in [3.05, 3.63) is 35.1 Å². The van der Waals surface area contributed by atoms with Gasteiger partial charge in [-0.05, 0) is 49.4 Å². The van der Waals surface area contributed by atoms with E-state index < -0.39 is 0 Å². The second kappa shape index (κ2) is 5.15. The highest BCUT2D eigenvalue weighted by molar-refractivity contribution is 5.23. The Morgan fingerprint density at radius 1 is 1.29 bits per heavy atom. The number of rotatable bonds is 6. The first-order chi connectivity index (χ1) is 8.15. The Labute approximate surface area is 103 Å². The molecule has 1 aromatic carbocycles. The molecule has 3 heteroatoms. The molecule has 1 aliphatic rings. The van der Waals surface area contributed by atoms with Gasteiger partial charge in [-0.1, -0.05) is 12.1 Å². The van der Waals surface area contributed by atoms with E-state index in [0.717, 1.165) is 30.8 Å². The summed E-state index contributed by atoms with van der Waals surface area (Å²) >= 11 is 0. The van der Waals surface area contributed by atoms with Gasteiger partial charge in [0.05, 0.1) is 0 Å². The van der Waals surface area contributed by atoms with Crippen LogP contribution in [0, 0.1) is 18.2 Å². The van der Waals surface area contributed by atoms with E-state index >= 15 is 0 Å². The Kier molecular flexibility index (Phi) is 3.79. The Hall–Kier alpha value is -0.930. The van der Waals surface area contributed by atoms with Gasteiger partial charge in [0.2, 0.25) is 0 Å². The third kappa shape index (κ3) is 3.27. The molecule has 94 valence electrons. The molecule has 0 heterocycles. The maximum Gasteiger partial charge on any atom is 0.126 e. The number of hydrogen-bond donors (Lipinski definition) is 2. The Morgan fingerprint density at radius 3 is 2.65 bits per heavy atom. The molecule has 0 unspecified atom stereocenters. The van der Waals surface area contributed by atoms with Crippen molar-refractivity contribution in [3.8, 4) is 0 Å². The molecule has 17 heavy (non-hydrogen) atoms. The van der Waals surface area contributed by atoms with Gasteiger partial charge < -0.3 is 10.6 Å². The normalized spacial score (nSPS) is 17.1. The molecule has 2 rings (SSSR count). The van der Waals surface area contributed by atoms with Crippen molar-refractivity contribution in [2.75, 3.05) is 20.1 Å². The van der Waals surface area contributed by atoms with E-state index in [4.69, 9.17) is 0 Å². The number of hydrogen-bond acceptors (Lipinski definition) is 2. The first-order valence-corrected chi connectivity index (χ1v) is 6.26. The largest absolute Gasteiger partial charge is 0.319 e. The van der Waals surface area contributed by atoms with Gasteiger partial charge >= 0.3 is 0 Å². The number of aryl methyl sites for hydroxylation is 1. The Bertz CT molecular complexity index is 386. The van der Waals surface area contributed by atoms with Crippen LogP contribution in [0.1, 0.15) is 24.0 Å². The summed E-state index contributed by atoms with van der Waals surface area (Å²) in [6.07, 6.45) is 2.62. The summed E-state index contributed by atoms with van der Waals surface area (Å²) in [5, 5.41) is 6.72. The Morgan fingerprint density at radius 2 is 2.06 bits per heavy atom. The lowest BCUT2D eigenvalue weighted by atomic mass is 10.1. The molecule has 0 saturated heterocycles. The van der Waals surface area contributed by atoms with E-state index in [9.17, 15) is 4.39 Å². The van der Waals surface area contributed by atoms with Crippen molar-refractivity contribution < 1.29 is 4.39 Å². The lowest BCUT2D eigenvalue weighted by Crippen LogP contribution is -2.31. The van der Waals surface area contributed by atoms with Gasteiger partial charge in [0.15, 0.2) is 0 Å². The van der Waals surface area contributed by atoms with E-state index in [1.165, 1.54) is 12.8 Å². The number of halogens is 1. The zero-order chi connectivity index (χ0) is 12.3. The molecular formula is C14H21FN2. The second-order valence-electron chi connectivity index (χ2n) is 5.22. The molecule has 0 aliphatic heterocycles. The highest BCUT2D eigenvalue weighted by atomic mass is 19.1. The number of benzene rings is 1. The quantitative estimate of drug-likeness (QED) is 0.791. The first kappa shape index (κ1) is 12.5. The minimum Gasteiger partial charge on any atom is -0.319 e. The molecule has 0 aromatic heterocycles. The summed E-state index contributed by atoms with van der Waals surface area (Å²) in [6, 6.07) is 5.32. The highest BCUT2D eigenvalue weighted by Crippen LogP contribution is 2.44. The Balaban J connectivity index is 1.80. The van der Waals surface area contributed by atoms with Gasteiger partial charge in [-0.2, -0.15) is 0 Å². The maximum absolute atomic E-state index is 13.1. The van der Waals surface area contributed by atoms with Gasteiger partial charge in [0.1, 0.15) is 5.82 Å². The first-order valence-electron chi connectivity index (χ1n) is 6.26. The molecule has 1 fully saturated rings. The summed E-state index contributed by atoms with van der Waals surface area (Å²) < 4.78 is 13.1. The molecule has 0 atom stereocenters. The third-order valence-corrected chi connectivity index (χ3v) is 3.56. The van der Waals surface area contributed by atoms with E-state index in [1.807, 2.05) is 26.1 Å². The van der Waals surface area contributed by atoms with Crippen molar-refractivity contribution in [1.29, 1.82) is 0 Å². The summed E-state index contributed by atoms with van der Waals surface area (Å²) in [7, 11) is 2.00. The van der Waals surface area contributed by atoms with Crippen LogP contribution in [0.15, 0.2) is 18.2 Å². The van der Waals surface area contributed by atoms with Crippen LogP contribution in [0.2, 0.25) is 0 Å². The van der Waals surface area contributed by atoms with E-state index in [1.54, 1.807) is 6.07 Å². The monoisotopic (exact) mass is 236 g/mol. The molecule has 1 aliphatic carbocycles. The van der Waals surface area contributed by atoms with Gasteiger partial charge in [-0.15, -0.1) is 0 Å². The number of nitrogens with one attached hydrogen (secondary N) is 2. The van der Waals surface area contributed by atoms with Crippen molar-refractivity contribution >= 4 is 0 Å². The molecule has 0 amide bonds. The van der Waals surface area contributed by atoms with Crippen molar-refractivity contribution in [1.82, 2.24) is 10.6 Å². The minimum absolute atomic E-state index is 0.123.